The molecule has 0 amide bonds. The van der Waals surface area contributed by atoms with E-state index >= 15 is 0 Å². The minimum Gasteiger partial charge on any atom is -0.389 e. The number of hydrogen-bond acceptors (Lipinski definition) is 6. The monoisotopic (exact) mass is 350 g/mol. The molecule has 2 aliphatic rings. The summed E-state index contributed by atoms with van der Waals surface area (Å²) in [5.74, 6) is 0. The average molecular weight is 351 g/mol. The molecule has 2 bridgehead atoms. The van der Waals surface area contributed by atoms with Crippen LogP contribution in [0.25, 0.3) is 0 Å². The Kier molecular flexibility index (Phi) is 4.28. The first-order valence-electron chi connectivity index (χ1n) is 7.91. The minimum absolute atomic E-state index is 0.196. The molecule has 4 heterocycles. The Morgan fingerprint density at radius 3 is 3.08 bits per heavy atom. The van der Waals surface area contributed by atoms with Gasteiger partial charge in [0, 0.05) is 25.1 Å². The van der Waals surface area contributed by atoms with Crippen molar-refractivity contribution in [3.05, 3.63) is 47.0 Å². The Morgan fingerprint density at radius 1 is 1.46 bits per heavy atom. The van der Waals surface area contributed by atoms with Crippen molar-refractivity contribution in [2.75, 3.05) is 6.61 Å². The summed E-state index contributed by atoms with van der Waals surface area (Å²) in [6, 6.07) is 1.19. The fourth-order valence-corrected chi connectivity index (χ4v) is 3.49. The molecule has 24 heavy (non-hydrogen) atoms. The summed E-state index contributed by atoms with van der Waals surface area (Å²) in [5.41, 5.74) is 1.95. The van der Waals surface area contributed by atoms with E-state index in [1.165, 1.54) is 0 Å². The summed E-state index contributed by atoms with van der Waals surface area (Å²) in [7, 11) is 0. The standard InChI is InChI=1S/C16H19ClN4O3/c1-9-4-20-21(7-9)14-15(22)13(12-8-23-16(14)24-12)19-5-10-2-3-18-6-11(10)17/h2-4,6-7,12-16,19,22H,5,8H2,1H3. The van der Waals surface area contributed by atoms with Crippen LogP contribution in [0.1, 0.15) is 17.2 Å². The number of aliphatic hydroxyl groups is 1. The third-order valence-corrected chi connectivity index (χ3v) is 4.89. The van der Waals surface area contributed by atoms with Crippen LogP contribution in [0.3, 0.4) is 0 Å². The zero-order chi connectivity index (χ0) is 16.7. The van der Waals surface area contributed by atoms with Gasteiger partial charge in [-0.25, -0.2) is 0 Å². The molecule has 2 aromatic rings. The van der Waals surface area contributed by atoms with Crippen molar-refractivity contribution in [2.24, 2.45) is 0 Å². The van der Waals surface area contributed by atoms with Crippen LogP contribution in [0.15, 0.2) is 30.9 Å². The molecule has 2 fully saturated rings. The van der Waals surface area contributed by atoms with E-state index in [2.05, 4.69) is 15.4 Å². The largest absolute Gasteiger partial charge is 0.389 e. The molecule has 0 aliphatic carbocycles. The Morgan fingerprint density at radius 2 is 2.33 bits per heavy atom. The van der Waals surface area contributed by atoms with Gasteiger partial charge in [-0.2, -0.15) is 5.10 Å². The van der Waals surface area contributed by atoms with Crippen molar-refractivity contribution < 1.29 is 14.6 Å². The molecule has 2 aromatic heterocycles. The highest BCUT2D eigenvalue weighted by Gasteiger charge is 2.51. The maximum absolute atomic E-state index is 10.9. The third kappa shape index (κ3) is 2.82. The quantitative estimate of drug-likeness (QED) is 0.858. The van der Waals surface area contributed by atoms with E-state index in [4.69, 9.17) is 21.1 Å². The highest BCUT2D eigenvalue weighted by Crippen LogP contribution is 2.35. The van der Waals surface area contributed by atoms with E-state index in [0.717, 1.165) is 11.1 Å². The molecule has 5 unspecified atom stereocenters. The Labute approximate surface area is 144 Å². The molecule has 2 saturated heterocycles. The molecule has 5 atom stereocenters. The molecule has 128 valence electrons. The van der Waals surface area contributed by atoms with Gasteiger partial charge in [-0.3, -0.25) is 9.67 Å². The first kappa shape index (κ1) is 16.0. The van der Waals surface area contributed by atoms with Crippen molar-refractivity contribution in [3.8, 4) is 0 Å². The van der Waals surface area contributed by atoms with E-state index < -0.39 is 12.4 Å². The zero-order valence-corrected chi connectivity index (χ0v) is 13.9. The second-order valence-electron chi connectivity index (χ2n) is 6.23. The molecule has 0 radical (unpaired) electrons. The van der Waals surface area contributed by atoms with Gasteiger partial charge in [-0.15, -0.1) is 0 Å². The predicted molar refractivity (Wildman–Crippen MR) is 86.5 cm³/mol. The summed E-state index contributed by atoms with van der Waals surface area (Å²) in [4.78, 5) is 3.98. The molecule has 0 aromatic carbocycles. The Hall–Kier alpha value is -1.51. The van der Waals surface area contributed by atoms with E-state index in [-0.39, 0.29) is 18.2 Å². The topological polar surface area (TPSA) is 81.4 Å². The first-order chi connectivity index (χ1) is 11.6. The Bertz CT molecular complexity index is 725. The summed E-state index contributed by atoms with van der Waals surface area (Å²) in [6.07, 6.45) is 5.58. The van der Waals surface area contributed by atoms with Crippen LogP contribution < -0.4 is 5.32 Å². The molecular formula is C16H19ClN4O3. The zero-order valence-electron chi connectivity index (χ0n) is 13.2. The van der Waals surface area contributed by atoms with Crippen LogP contribution in [0.5, 0.6) is 0 Å². The summed E-state index contributed by atoms with van der Waals surface area (Å²) in [5, 5.41) is 19.2. The summed E-state index contributed by atoms with van der Waals surface area (Å²) >= 11 is 6.15. The van der Waals surface area contributed by atoms with Crippen LogP contribution in [0.4, 0.5) is 0 Å². The van der Waals surface area contributed by atoms with Gasteiger partial charge in [0.15, 0.2) is 6.29 Å². The SMILES string of the molecule is Cc1cnn(C2C3OCC(O3)C(NCc3ccncc3Cl)C2O)c1. The molecular weight excluding hydrogens is 332 g/mol. The third-order valence-electron chi connectivity index (χ3n) is 4.55. The predicted octanol–water partition coefficient (Wildman–Crippen LogP) is 1.06. The van der Waals surface area contributed by atoms with Gasteiger partial charge in [0.05, 0.1) is 30.0 Å². The number of aryl methyl sites for hydroxylation is 1. The first-order valence-corrected chi connectivity index (χ1v) is 8.29. The molecule has 0 saturated carbocycles. The highest BCUT2D eigenvalue weighted by atomic mass is 35.5. The normalized spacial score (nSPS) is 32.2. The van der Waals surface area contributed by atoms with Gasteiger partial charge in [-0.1, -0.05) is 11.6 Å². The molecule has 4 rings (SSSR count). The van der Waals surface area contributed by atoms with E-state index in [0.29, 0.717) is 18.2 Å². The molecule has 7 nitrogen and oxygen atoms in total. The number of hydrogen-bond donors (Lipinski definition) is 2. The number of rotatable bonds is 4. The molecule has 8 heteroatoms. The summed E-state index contributed by atoms with van der Waals surface area (Å²) in [6.45, 7) is 2.91. The number of nitrogens with zero attached hydrogens (tertiary/aromatic N) is 3. The lowest BCUT2D eigenvalue weighted by Gasteiger charge is -2.38. The number of aliphatic hydroxyl groups excluding tert-OH is 1. The fraction of sp³-hybridized carbons (Fsp3) is 0.500. The number of aromatic nitrogens is 3. The van der Waals surface area contributed by atoms with Crippen LogP contribution in [-0.2, 0) is 16.0 Å². The van der Waals surface area contributed by atoms with Crippen molar-refractivity contribution in [3.63, 3.8) is 0 Å². The lowest BCUT2D eigenvalue weighted by Crippen LogP contribution is -2.57. The highest BCUT2D eigenvalue weighted by molar-refractivity contribution is 6.31. The molecule has 2 N–H and O–H groups in total. The van der Waals surface area contributed by atoms with Crippen LogP contribution in [0.2, 0.25) is 5.02 Å². The fourth-order valence-electron chi connectivity index (χ4n) is 3.31. The number of pyridine rings is 1. The smallest absolute Gasteiger partial charge is 0.183 e. The number of nitrogens with one attached hydrogen (secondary N) is 1. The van der Waals surface area contributed by atoms with Gasteiger partial charge in [0.1, 0.15) is 12.1 Å². The summed E-state index contributed by atoms with van der Waals surface area (Å²) < 4.78 is 13.4. The van der Waals surface area contributed by atoms with Crippen LogP contribution >= 0.6 is 11.6 Å². The van der Waals surface area contributed by atoms with Crippen molar-refractivity contribution >= 4 is 11.6 Å². The lowest BCUT2D eigenvalue weighted by molar-refractivity contribution is -0.168. The maximum atomic E-state index is 10.9. The van der Waals surface area contributed by atoms with Crippen molar-refractivity contribution in [1.82, 2.24) is 20.1 Å². The second-order valence-corrected chi connectivity index (χ2v) is 6.64. The molecule has 2 aliphatic heterocycles. The Balaban J connectivity index is 1.53. The van der Waals surface area contributed by atoms with E-state index in [9.17, 15) is 5.11 Å². The van der Waals surface area contributed by atoms with Crippen LogP contribution in [-0.4, -0.2) is 51.0 Å². The maximum Gasteiger partial charge on any atom is 0.183 e. The number of halogens is 1. The minimum atomic E-state index is -0.684. The van der Waals surface area contributed by atoms with Crippen molar-refractivity contribution in [2.45, 2.75) is 44.1 Å². The average Bonchev–Trinajstić information content (AvgIpc) is 3.17. The van der Waals surface area contributed by atoms with Gasteiger partial charge in [0.2, 0.25) is 0 Å². The second kappa shape index (κ2) is 6.42. The van der Waals surface area contributed by atoms with Gasteiger partial charge >= 0.3 is 0 Å². The number of fused-ring (bicyclic) bond motifs is 2. The van der Waals surface area contributed by atoms with E-state index in [1.807, 2.05) is 19.2 Å². The van der Waals surface area contributed by atoms with Crippen LogP contribution in [0, 0.1) is 6.92 Å². The van der Waals surface area contributed by atoms with E-state index in [1.54, 1.807) is 23.3 Å². The number of ether oxygens (including phenoxy) is 2. The lowest BCUT2D eigenvalue weighted by atomic mass is 9.96. The van der Waals surface area contributed by atoms with Gasteiger partial charge < -0.3 is 19.9 Å². The molecule has 0 spiro atoms. The van der Waals surface area contributed by atoms with Gasteiger partial charge in [0.25, 0.3) is 0 Å². The van der Waals surface area contributed by atoms with Gasteiger partial charge in [-0.05, 0) is 24.1 Å². The van der Waals surface area contributed by atoms with Crippen molar-refractivity contribution in [1.29, 1.82) is 0 Å².